The van der Waals surface area contributed by atoms with Crippen LogP contribution < -0.4 is 29.3 Å². The Hall–Kier alpha value is -0.420. The Labute approximate surface area is 204 Å². The maximum Gasteiger partial charge on any atom is 0.407 e. The Balaban J connectivity index is 0.00000341. The minimum atomic E-state index is -0.363. The van der Waals surface area contributed by atoms with Crippen molar-refractivity contribution < 1.29 is 52.2 Å². The van der Waals surface area contributed by atoms with E-state index < -0.39 is 0 Å². The molecule has 0 unspecified atom stereocenters. The van der Waals surface area contributed by atoms with Crippen molar-refractivity contribution in [2.24, 2.45) is 5.92 Å². The van der Waals surface area contributed by atoms with E-state index in [1.165, 1.54) is 5.57 Å². The third-order valence-electron chi connectivity index (χ3n) is 6.77. The van der Waals surface area contributed by atoms with E-state index in [1.807, 2.05) is 0 Å². The number of allylic oxidation sites excluding steroid dienone is 1. The van der Waals surface area contributed by atoms with E-state index in [4.69, 9.17) is 18.9 Å². The van der Waals surface area contributed by atoms with Gasteiger partial charge in [-0.3, -0.25) is 0 Å². The number of carbonyl (C=O) groups is 1. The summed E-state index contributed by atoms with van der Waals surface area (Å²) in [5, 5.41) is 2.90. The Morgan fingerprint density at radius 2 is 1.97 bits per heavy atom. The SMILES string of the molecule is CO[C@H]1[C@@H]([C@@]2(C)O[C@@H]2CC=C(C)C)[C@]2(CC[C@H]1OC(=O)NCCC[N+](C)(C)C)CO2.[I-]. The Morgan fingerprint density at radius 1 is 1.29 bits per heavy atom. The molecule has 1 aliphatic carbocycles. The highest BCUT2D eigenvalue weighted by atomic mass is 127. The molecule has 3 aliphatic rings. The number of nitrogens with zero attached hydrogens (tertiary/aromatic N) is 1. The molecule has 3 rings (SSSR count). The van der Waals surface area contributed by atoms with Crippen LogP contribution in [0.25, 0.3) is 0 Å². The molecule has 0 aromatic rings. The van der Waals surface area contributed by atoms with E-state index in [1.54, 1.807) is 7.11 Å². The van der Waals surface area contributed by atoms with Crippen molar-refractivity contribution in [2.75, 3.05) is 47.9 Å². The summed E-state index contributed by atoms with van der Waals surface area (Å²) >= 11 is 0. The molecule has 3 fully saturated rings. The number of quaternary nitrogens is 1. The first-order valence-electron chi connectivity index (χ1n) is 11.2. The fourth-order valence-corrected chi connectivity index (χ4v) is 4.99. The molecule has 0 bridgehead atoms. The first-order valence-corrected chi connectivity index (χ1v) is 11.2. The van der Waals surface area contributed by atoms with Gasteiger partial charge in [-0.1, -0.05) is 11.6 Å². The van der Waals surface area contributed by atoms with Gasteiger partial charge in [0.2, 0.25) is 0 Å². The normalized spacial score (nSPS) is 36.4. The number of amides is 1. The molecule has 1 N–H and O–H groups in total. The van der Waals surface area contributed by atoms with Crippen LogP contribution in [0.3, 0.4) is 0 Å². The second-order valence-electron chi connectivity index (χ2n) is 10.6. The molecule has 7 nitrogen and oxygen atoms in total. The molecule has 2 saturated heterocycles. The average Bonchev–Trinajstić information content (AvgIpc) is 3.55. The Bertz CT molecular complexity index is 657. The molecule has 1 amide bonds. The smallest absolute Gasteiger partial charge is 0.407 e. The summed E-state index contributed by atoms with van der Waals surface area (Å²) in [5.74, 6) is 0.0512. The molecule has 1 spiro atoms. The number of carbonyl (C=O) groups excluding carboxylic acids is 1. The first-order chi connectivity index (χ1) is 14.0. The van der Waals surface area contributed by atoms with Crippen LogP contribution in [-0.4, -0.2) is 88.0 Å². The zero-order valence-electron chi connectivity index (χ0n) is 20.2. The quantitative estimate of drug-likeness (QED) is 0.142. The maximum atomic E-state index is 12.4. The van der Waals surface area contributed by atoms with Crippen LogP contribution in [0.4, 0.5) is 4.79 Å². The summed E-state index contributed by atoms with van der Waals surface area (Å²) in [5.41, 5.74) is 0.780. The van der Waals surface area contributed by atoms with Gasteiger partial charge < -0.3 is 52.7 Å². The third-order valence-corrected chi connectivity index (χ3v) is 6.77. The van der Waals surface area contributed by atoms with Crippen molar-refractivity contribution in [3.63, 3.8) is 0 Å². The molecular weight excluding hydrogens is 511 g/mol. The molecule has 31 heavy (non-hydrogen) atoms. The molecule has 1 saturated carbocycles. The summed E-state index contributed by atoms with van der Waals surface area (Å²) in [6, 6.07) is 0. The summed E-state index contributed by atoms with van der Waals surface area (Å²) in [7, 11) is 8.13. The largest absolute Gasteiger partial charge is 1.00 e. The standard InChI is InChI=1S/C23H40N2O5.HI/c1-16(2)9-10-18-22(3,30-18)20-19(27-7)17(11-12-23(20)15-28-23)29-21(26)24-13-8-14-25(4,5)6;/h9,17-20H,8,10-15H2,1-7H3;1H/t17-,18-,19-,20+,22+,23+;/m1./s1. The van der Waals surface area contributed by atoms with Crippen molar-refractivity contribution in [2.45, 2.75) is 76.0 Å². The van der Waals surface area contributed by atoms with Crippen LogP contribution in [0.15, 0.2) is 11.6 Å². The lowest BCUT2D eigenvalue weighted by atomic mass is 9.68. The van der Waals surface area contributed by atoms with Crippen LogP contribution >= 0.6 is 0 Å². The summed E-state index contributed by atoms with van der Waals surface area (Å²) < 4.78 is 24.8. The van der Waals surface area contributed by atoms with E-state index in [0.717, 1.165) is 43.3 Å². The van der Waals surface area contributed by atoms with Crippen LogP contribution in [-0.2, 0) is 18.9 Å². The summed E-state index contributed by atoms with van der Waals surface area (Å²) in [4.78, 5) is 12.4. The highest BCUT2D eigenvalue weighted by molar-refractivity contribution is 5.67. The van der Waals surface area contributed by atoms with Gasteiger partial charge in [0.15, 0.2) is 0 Å². The van der Waals surface area contributed by atoms with Crippen LogP contribution in [0.5, 0.6) is 0 Å². The van der Waals surface area contributed by atoms with E-state index in [9.17, 15) is 4.79 Å². The van der Waals surface area contributed by atoms with Gasteiger partial charge in [-0.15, -0.1) is 0 Å². The van der Waals surface area contributed by atoms with Crippen LogP contribution in [0.2, 0.25) is 0 Å². The van der Waals surface area contributed by atoms with E-state index in [0.29, 0.717) is 6.54 Å². The number of hydrogen-bond donors (Lipinski definition) is 1. The molecule has 2 aliphatic heterocycles. The second-order valence-corrected chi connectivity index (χ2v) is 10.6. The lowest BCUT2D eigenvalue weighted by Gasteiger charge is -2.42. The van der Waals surface area contributed by atoms with Gasteiger partial charge in [-0.05, 0) is 40.0 Å². The number of methoxy groups -OCH3 is 1. The highest BCUT2D eigenvalue weighted by Gasteiger charge is 2.72. The zero-order valence-corrected chi connectivity index (χ0v) is 22.4. The molecule has 180 valence electrons. The van der Waals surface area contributed by atoms with Gasteiger partial charge in [0.05, 0.1) is 46.3 Å². The van der Waals surface area contributed by atoms with Crippen LogP contribution in [0, 0.1) is 5.92 Å². The number of ether oxygens (including phenoxy) is 4. The van der Waals surface area contributed by atoms with Gasteiger partial charge in [-0.2, -0.15) is 0 Å². The number of nitrogens with one attached hydrogen (secondary N) is 1. The van der Waals surface area contributed by atoms with Crippen molar-refractivity contribution in [1.29, 1.82) is 0 Å². The van der Waals surface area contributed by atoms with E-state index in [-0.39, 0.29) is 65.5 Å². The topological polar surface area (TPSA) is 72.6 Å². The fraction of sp³-hybridized carbons (Fsp3) is 0.870. The average molecular weight is 552 g/mol. The second kappa shape index (κ2) is 10.2. The maximum absolute atomic E-state index is 12.4. The Morgan fingerprint density at radius 3 is 2.52 bits per heavy atom. The molecule has 8 heteroatoms. The highest BCUT2D eigenvalue weighted by Crippen LogP contribution is 2.59. The minimum absolute atomic E-state index is 0. The molecule has 0 aromatic heterocycles. The zero-order chi connectivity index (χ0) is 22.2. The number of halogens is 1. The summed E-state index contributed by atoms with van der Waals surface area (Å²) in [6.45, 7) is 8.70. The van der Waals surface area contributed by atoms with Crippen LogP contribution in [0.1, 0.15) is 46.5 Å². The number of hydrogen-bond acceptors (Lipinski definition) is 5. The Kier molecular flexibility index (Phi) is 8.86. The monoisotopic (exact) mass is 552 g/mol. The molecule has 0 radical (unpaired) electrons. The minimum Gasteiger partial charge on any atom is -1.00 e. The van der Waals surface area contributed by atoms with Gasteiger partial charge in [0, 0.05) is 20.1 Å². The number of epoxide rings is 2. The molecule has 6 atom stereocenters. The predicted octanol–water partition coefficient (Wildman–Crippen LogP) is -0.111. The van der Waals surface area contributed by atoms with Gasteiger partial charge in [-0.25, -0.2) is 4.79 Å². The van der Waals surface area contributed by atoms with Gasteiger partial charge in [0.1, 0.15) is 23.4 Å². The molecule has 2 heterocycles. The summed E-state index contributed by atoms with van der Waals surface area (Å²) in [6.07, 6.45) is 4.89. The van der Waals surface area contributed by atoms with Crippen molar-refractivity contribution in [3.8, 4) is 0 Å². The lowest BCUT2D eigenvalue weighted by molar-refractivity contribution is -0.870. The first kappa shape index (κ1) is 26.8. The van der Waals surface area contributed by atoms with E-state index in [2.05, 4.69) is 53.3 Å². The molecule has 0 aromatic carbocycles. The van der Waals surface area contributed by atoms with Crippen molar-refractivity contribution >= 4 is 6.09 Å². The van der Waals surface area contributed by atoms with Gasteiger partial charge >= 0.3 is 6.09 Å². The van der Waals surface area contributed by atoms with Crippen molar-refractivity contribution in [1.82, 2.24) is 5.32 Å². The number of alkyl carbamates (subject to hydrolysis) is 1. The molecular formula is C23H41IN2O5. The van der Waals surface area contributed by atoms with E-state index >= 15 is 0 Å². The predicted molar refractivity (Wildman–Crippen MR) is 115 cm³/mol. The van der Waals surface area contributed by atoms with Gasteiger partial charge in [0.25, 0.3) is 0 Å². The fourth-order valence-electron chi connectivity index (χ4n) is 4.99. The number of rotatable bonds is 9. The third kappa shape index (κ3) is 6.56. The lowest BCUT2D eigenvalue weighted by Crippen LogP contribution is -3.00. The van der Waals surface area contributed by atoms with Crippen molar-refractivity contribution in [3.05, 3.63) is 11.6 Å².